The summed E-state index contributed by atoms with van der Waals surface area (Å²) in [7, 11) is -0.361. The summed E-state index contributed by atoms with van der Waals surface area (Å²) >= 11 is 5.99. The second kappa shape index (κ2) is 24.0. The van der Waals surface area contributed by atoms with Gasteiger partial charge in [0.25, 0.3) is 0 Å². The molecule has 0 atom stereocenters. The van der Waals surface area contributed by atoms with Gasteiger partial charge in [-0.15, -0.1) is 0 Å². The third kappa shape index (κ3) is 11.1. The molecule has 14 heteroatoms. The van der Waals surface area contributed by atoms with E-state index in [0.29, 0.717) is 29.1 Å². The number of fused-ring (bicyclic) bond motifs is 10. The number of nitrogens with zero attached hydrogens (tertiary/aromatic N) is 10. The number of pyridine rings is 2. The molecule has 0 radical (unpaired) electrons. The van der Waals surface area contributed by atoms with Crippen molar-refractivity contribution >= 4 is 79.3 Å². The van der Waals surface area contributed by atoms with E-state index in [1.165, 1.54) is 10.8 Å². The normalized spacial score (nSPS) is 13.3. The highest BCUT2D eigenvalue weighted by Gasteiger charge is 2.51. The van der Waals surface area contributed by atoms with Gasteiger partial charge < -0.3 is 9.31 Å². The molecule has 0 amide bonds. The second-order valence-corrected chi connectivity index (χ2v) is 23.9. The van der Waals surface area contributed by atoms with Crippen LogP contribution in [0.1, 0.15) is 27.7 Å². The molecule has 17 rings (SSSR count). The highest BCUT2D eigenvalue weighted by molar-refractivity contribution is 6.62. The molecule has 1 aliphatic heterocycles. The third-order valence-electron chi connectivity index (χ3n) is 17.1. The third-order valence-corrected chi connectivity index (χ3v) is 17.3. The molecule has 0 spiro atoms. The molecular formula is C78H58BClN10O2. The fourth-order valence-electron chi connectivity index (χ4n) is 11.7. The van der Waals surface area contributed by atoms with Crippen LogP contribution in [0, 0.1) is 0 Å². The summed E-state index contributed by atoms with van der Waals surface area (Å²) in [5.74, 6) is 3.11. The van der Waals surface area contributed by atoms with E-state index in [2.05, 4.69) is 197 Å². The largest absolute Gasteiger partial charge is 0.494 e. The first-order valence-corrected chi connectivity index (χ1v) is 30.9. The smallest absolute Gasteiger partial charge is 0.399 e. The van der Waals surface area contributed by atoms with Crippen LogP contribution in [0.5, 0.6) is 0 Å². The predicted octanol–water partition coefficient (Wildman–Crippen LogP) is 18.0. The Hall–Kier alpha value is -11.1. The van der Waals surface area contributed by atoms with E-state index in [1.807, 2.05) is 133 Å². The van der Waals surface area contributed by atoms with Gasteiger partial charge in [-0.3, -0.25) is 8.80 Å². The molecular weight excluding hydrogens is 1160 g/mol. The first kappa shape index (κ1) is 57.4. The summed E-state index contributed by atoms with van der Waals surface area (Å²) in [6.07, 6.45) is 0. The van der Waals surface area contributed by atoms with E-state index in [-0.39, 0.29) is 23.6 Å². The van der Waals surface area contributed by atoms with Crippen LogP contribution in [-0.4, -0.2) is 67.0 Å². The Labute approximate surface area is 536 Å². The van der Waals surface area contributed by atoms with E-state index in [0.717, 1.165) is 99.9 Å². The van der Waals surface area contributed by atoms with Gasteiger partial charge in [0.2, 0.25) is 5.28 Å². The van der Waals surface area contributed by atoms with Gasteiger partial charge in [-0.1, -0.05) is 231 Å². The van der Waals surface area contributed by atoms with Gasteiger partial charge >= 0.3 is 7.12 Å². The monoisotopic (exact) mass is 1210 g/mol. The van der Waals surface area contributed by atoms with Crippen LogP contribution in [0.2, 0.25) is 5.28 Å². The number of para-hydroxylation sites is 6. The number of imidazole rings is 2. The molecule has 92 heavy (non-hydrogen) atoms. The van der Waals surface area contributed by atoms with Gasteiger partial charge in [-0.2, -0.15) is 9.97 Å². The summed E-state index contributed by atoms with van der Waals surface area (Å²) < 4.78 is 17.0. The van der Waals surface area contributed by atoms with Crippen molar-refractivity contribution in [2.45, 2.75) is 38.9 Å². The van der Waals surface area contributed by atoms with Gasteiger partial charge in [0, 0.05) is 38.9 Å². The first-order chi connectivity index (χ1) is 45.0. The molecule has 12 nitrogen and oxygen atoms in total. The lowest BCUT2D eigenvalue weighted by molar-refractivity contribution is 0.00578. The van der Waals surface area contributed by atoms with Gasteiger partial charge in [0.1, 0.15) is 11.3 Å². The molecule has 0 unspecified atom stereocenters. The molecule has 0 saturated carbocycles. The van der Waals surface area contributed by atoms with E-state index in [4.69, 9.17) is 45.8 Å². The summed E-state index contributed by atoms with van der Waals surface area (Å²) in [5.41, 5.74) is 17.8. The van der Waals surface area contributed by atoms with Crippen LogP contribution in [0.15, 0.2) is 279 Å². The van der Waals surface area contributed by atoms with E-state index in [9.17, 15) is 0 Å². The number of hydrogen-bond donors (Lipinski definition) is 0. The van der Waals surface area contributed by atoms with Crippen molar-refractivity contribution in [2.24, 2.45) is 0 Å². The Morgan fingerprint density at radius 1 is 0.304 bits per heavy atom. The number of aromatic nitrogens is 10. The van der Waals surface area contributed by atoms with Crippen molar-refractivity contribution in [3.8, 4) is 79.2 Å². The quantitative estimate of drug-likeness (QED) is 0.136. The van der Waals surface area contributed by atoms with Crippen LogP contribution < -0.4 is 5.46 Å². The average molecular weight is 1210 g/mol. The lowest BCUT2D eigenvalue weighted by Gasteiger charge is -2.32. The first-order valence-electron chi connectivity index (χ1n) is 30.5. The second-order valence-electron chi connectivity index (χ2n) is 23.6. The molecule has 7 heterocycles. The van der Waals surface area contributed by atoms with Crippen LogP contribution in [0.4, 0.5) is 0 Å². The number of hydrogen-bond acceptors (Lipinski definition) is 10. The molecule has 0 aliphatic carbocycles. The topological polar surface area (TPSA) is 130 Å². The zero-order valence-electron chi connectivity index (χ0n) is 50.8. The Kier molecular flexibility index (Phi) is 15.0. The fourth-order valence-corrected chi connectivity index (χ4v) is 11.9. The molecule has 10 aromatic carbocycles. The molecule has 1 saturated heterocycles. The van der Waals surface area contributed by atoms with Crippen molar-refractivity contribution in [3.63, 3.8) is 0 Å². The number of rotatable bonds is 8. The highest BCUT2D eigenvalue weighted by Crippen LogP contribution is 2.39. The van der Waals surface area contributed by atoms with Gasteiger partial charge in [0.15, 0.2) is 29.1 Å². The van der Waals surface area contributed by atoms with Crippen LogP contribution in [-0.2, 0) is 9.31 Å². The van der Waals surface area contributed by atoms with Gasteiger partial charge in [-0.05, 0) is 115 Å². The van der Waals surface area contributed by atoms with Crippen molar-refractivity contribution in [2.75, 3.05) is 0 Å². The SMILES string of the molecule is CC1(C)OB(c2ccc(-c3cc4ccccc4n4c3nc3ccccc34)cc2)OC1(C)C.Clc1nc(-c2ccccc2)nc(-c2ccccc2)n1.c1ccc(-c2nc(-c3ccccc3)nc(-c3ccc(-c4cc5ccccc5n5c4nc4ccccc45)cc3)n2)cc1. The maximum Gasteiger partial charge on any atom is 0.494 e. The molecule has 0 N–H and O–H groups in total. The lowest BCUT2D eigenvalue weighted by atomic mass is 9.78. The van der Waals surface area contributed by atoms with Crippen LogP contribution in [0.3, 0.4) is 0 Å². The minimum atomic E-state index is -0.361. The molecule has 6 aromatic heterocycles. The van der Waals surface area contributed by atoms with Gasteiger partial charge in [-0.25, -0.2) is 29.9 Å². The zero-order chi connectivity index (χ0) is 62.3. The Balaban J connectivity index is 0.000000122. The van der Waals surface area contributed by atoms with E-state index >= 15 is 0 Å². The summed E-state index contributed by atoms with van der Waals surface area (Å²) in [4.78, 5) is 37.4. The Bertz CT molecular complexity index is 5230. The summed E-state index contributed by atoms with van der Waals surface area (Å²) in [6, 6.07) is 94.5. The van der Waals surface area contributed by atoms with Crippen LogP contribution >= 0.6 is 11.6 Å². The van der Waals surface area contributed by atoms with Crippen molar-refractivity contribution in [1.29, 1.82) is 0 Å². The van der Waals surface area contributed by atoms with E-state index < -0.39 is 0 Å². The molecule has 0 bridgehead atoms. The Morgan fingerprint density at radius 3 is 0.978 bits per heavy atom. The number of halogens is 1. The fraction of sp³-hybridized carbons (Fsp3) is 0.0769. The molecule has 16 aromatic rings. The maximum absolute atomic E-state index is 6.22. The standard InChI is InChI=1S/C36H23N5.C27H25BN2O2.C15H10ClN3/c1-3-11-25(12-4-1)33-38-34(26-13-5-2-6-14-26)40-35(39-33)27-21-19-24(20-22-27)29-23-28-15-7-9-17-31(28)41-32-18-10-8-16-30(32)37-36(29)41;1-26(2)27(3,4)32-28(31-26)20-15-13-18(14-16-20)21-17-19-9-5-7-11-23(19)30-24-12-8-6-10-22(24)29-25(21)30;16-15-18-13(11-7-3-1-4-8-11)17-14(19-15)12-9-5-2-6-10-12/h1-23H;5-17H,1-4H3;1-10H. The van der Waals surface area contributed by atoms with Crippen molar-refractivity contribution in [1.82, 2.24) is 48.7 Å². The summed E-state index contributed by atoms with van der Waals surface area (Å²) in [5, 5.41) is 2.56. The van der Waals surface area contributed by atoms with Gasteiger partial charge in [0.05, 0.1) is 44.3 Å². The predicted molar refractivity (Wildman–Crippen MR) is 372 cm³/mol. The molecule has 1 fully saturated rings. The lowest BCUT2D eigenvalue weighted by Crippen LogP contribution is -2.41. The van der Waals surface area contributed by atoms with E-state index in [1.54, 1.807) is 0 Å². The number of benzene rings is 10. The minimum Gasteiger partial charge on any atom is -0.399 e. The highest BCUT2D eigenvalue weighted by atomic mass is 35.5. The van der Waals surface area contributed by atoms with Crippen molar-refractivity contribution in [3.05, 3.63) is 284 Å². The average Bonchev–Trinajstić information content (AvgIpc) is 1.57. The zero-order valence-corrected chi connectivity index (χ0v) is 51.6. The Morgan fingerprint density at radius 2 is 0.598 bits per heavy atom. The minimum absolute atomic E-state index is 0.202. The van der Waals surface area contributed by atoms with Crippen LogP contribution in [0.25, 0.3) is 134 Å². The molecule has 442 valence electrons. The summed E-state index contributed by atoms with van der Waals surface area (Å²) in [6.45, 7) is 8.32. The molecule has 1 aliphatic rings. The maximum atomic E-state index is 6.22. The van der Waals surface area contributed by atoms with Crippen molar-refractivity contribution < 1.29 is 9.31 Å².